The smallest absolute Gasteiger partial charge is 0 e. The molecule has 7 heavy (non-hydrogen) atoms. The molecular weight excluding hydrogens is 162 g/mol. The molecule has 0 aliphatic carbocycles. The van der Waals surface area contributed by atoms with Crippen molar-refractivity contribution in [1.29, 1.82) is 0 Å². The van der Waals surface area contributed by atoms with Crippen molar-refractivity contribution in [3.8, 4) is 0 Å². The van der Waals surface area contributed by atoms with Crippen molar-refractivity contribution in [2.24, 2.45) is 0 Å². The summed E-state index contributed by atoms with van der Waals surface area (Å²) in [4.78, 5) is 0. The molecule has 0 amide bonds. The fourth-order valence-corrected chi connectivity index (χ4v) is 0. The van der Waals surface area contributed by atoms with Gasteiger partial charge in [-0.25, -0.2) is 0 Å². The van der Waals surface area contributed by atoms with E-state index in [0.717, 1.165) is 0 Å². The number of halogens is 6. The zero-order chi connectivity index (χ0) is 0. The first-order chi connectivity index (χ1) is 0. The Balaban J connectivity index is 0. The van der Waals surface area contributed by atoms with Crippen molar-refractivity contribution in [1.82, 2.24) is 0 Å². The largest absolute Gasteiger partial charge is 1.00 e. The summed E-state index contributed by atoms with van der Waals surface area (Å²) < 4.78 is 0. The third-order valence-corrected chi connectivity index (χ3v) is 0. The van der Waals surface area contributed by atoms with Gasteiger partial charge < -0.3 is 28.2 Å². The number of hydrogen-bond donors (Lipinski definition) is 0. The average Bonchev–Trinajstić information content (AvgIpc) is 0. The molecule has 0 nitrogen and oxygen atoms in total. The van der Waals surface area contributed by atoms with Gasteiger partial charge in [-0.05, 0) is 0 Å². The molecule has 0 atom stereocenters. The molecule has 0 N–H and O–H groups in total. The van der Waals surface area contributed by atoms with Gasteiger partial charge in [0.05, 0.1) is 0 Å². The summed E-state index contributed by atoms with van der Waals surface area (Å²) in [6.07, 6.45) is 0. The zero-order valence-electron chi connectivity index (χ0n) is 2.77. The molecule has 0 radical (unpaired) electrons. The van der Waals surface area contributed by atoms with E-state index in [9.17, 15) is 0 Å². The Morgan fingerprint density at radius 2 is 0.286 bits per heavy atom. The van der Waals surface area contributed by atoms with Gasteiger partial charge in [-0.1, -0.05) is 0 Å². The van der Waals surface area contributed by atoms with E-state index < -0.39 is 0 Å². The molecule has 0 aromatic rings. The van der Waals surface area contributed by atoms with E-state index in [4.69, 9.17) is 0 Å². The molecule has 0 saturated heterocycles. The van der Waals surface area contributed by atoms with Crippen LogP contribution in [0, 0.1) is 0 Å². The van der Waals surface area contributed by atoms with Crippen molar-refractivity contribution in [3.63, 3.8) is 0 Å². The van der Waals surface area contributed by atoms with E-state index in [0.29, 0.717) is 0 Å². The van der Waals surface area contributed by atoms with Gasteiger partial charge in [0.25, 0.3) is 0 Å². The van der Waals surface area contributed by atoms with E-state index in [1.54, 1.807) is 0 Å². The molecule has 0 aromatic carbocycles. The van der Waals surface area contributed by atoms with Gasteiger partial charge in [0.1, 0.15) is 0 Å². The molecule has 0 saturated carbocycles. The fourth-order valence-electron chi connectivity index (χ4n) is 0. The van der Waals surface area contributed by atoms with Crippen LogP contribution < -0.4 is 28.2 Å². The zero-order valence-corrected chi connectivity index (χ0v) is 4.33. The van der Waals surface area contributed by atoms with Crippen LogP contribution in [0.15, 0.2) is 0 Å². The van der Waals surface area contributed by atoms with Crippen LogP contribution in [-0.2, 0) is 21.7 Å². The normalized spacial score (nSPS) is 0. The van der Waals surface area contributed by atoms with Crippen molar-refractivity contribution < 1.29 is 49.9 Å². The van der Waals surface area contributed by atoms with Crippen molar-refractivity contribution in [2.75, 3.05) is 0 Å². The van der Waals surface area contributed by atoms with Gasteiger partial charge in [-0.3, -0.25) is 0 Å². The van der Waals surface area contributed by atoms with Crippen molar-refractivity contribution >= 4 is 0 Å². The van der Waals surface area contributed by atoms with Crippen LogP contribution in [0.2, 0.25) is 0 Å². The minimum absolute atomic E-state index is 0. The van der Waals surface area contributed by atoms with Crippen LogP contribution in [-0.4, -0.2) is 0 Å². The Hall–Kier alpha value is 0.294. The molecule has 0 spiro atoms. The first kappa shape index (κ1) is 3340. The monoisotopic (exact) mass is 162 g/mol. The summed E-state index contributed by atoms with van der Waals surface area (Å²) in [6.45, 7) is 0. The maximum Gasteiger partial charge on any atom is 0 e. The minimum atomic E-state index is 0. The minimum Gasteiger partial charge on any atom is -1.00 e. The fraction of sp³-hybridized carbons (Fsp3) is 0. The molecule has 0 rings (SSSR count). The summed E-state index contributed by atoms with van der Waals surface area (Å²) in [7, 11) is 0. The first-order valence-corrected chi connectivity index (χ1v) is 0. The molecule has 0 aliphatic rings. The van der Waals surface area contributed by atoms with Gasteiger partial charge in [-0.2, -0.15) is 0 Å². The molecule has 0 aliphatic heterocycles. The Bertz CT molecular complexity index is 4.14. The van der Waals surface area contributed by atoms with Crippen molar-refractivity contribution in [3.05, 3.63) is 0 Å². The predicted molar refractivity (Wildman–Crippen MR) is 0 cm³/mol. The Labute approximate surface area is 50.7 Å². The molecule has 0 bridgehead atoms. The van der Waals surface area contributed by atoms with Gasteiger partial charge in [0, 0.05) is 21.7 Å². The second-order valence-corrected chi connectivity index (χ2v) is 0. The molecule has 52 valence electrons. The molecule has 0 fully saturated rings. The first-order valence-electron chi connectivity index (χ1n) is 0. The van der Waals surface area contributed by atoms with E-state index >= 15 is 0 Å². The molecule has 0 heterocycles. The van der Waals surface area contributed by atoms with Crippen LogP contribution in [0.4, 0.5) is 0 Å². The van der Waals surface area contributed by atoms with Crippen LogP contribution in [0.1, 0.15) is 0 Å². The average molecular weight is 162 g/mol. The molecule has 0 unspecified atom stereocenters. The third kappa shape index (κ3) is 1340. The van der Waals surface area contributed by atoms with Crippen LogP contribution >= 0.6 is 0 Å². The van der Waals surface area contributed by atoms with Gasteiger partial charge in [-0.15, -0.1) is 0 Å². The molecular formula is F6Ti-6. The summed E-state index contributed by atoms with van der Waals surface area (Å²) in [6, 6.07) is 0. The second-order valence-electron chi connectivity index (χ2n) is 0. The van der Waals surface area contributed by atoms with Gasteiger partial charge in [0.2, 0.25) is 0 Å². The second kappa shape index (κ2) is 2040. The standard InChI is InChI=1S/6FH.Ti/h6*1H;/p-6. The SMILES string of the molecule is [F-].[F-].[F-].[F-].[F-].[F-].[Ti]. The van der Waals surface area contributed by atoms with Crippen molar-refractivity contribution in [2.45, 2.75) is 0 Å². The molecule has 0 aromatic heterocycles. The van der Waals surface area contributed by atoms with E-state index in [-0.39, 0.29) is 49.9 Å². The third-order valence-electron chi connectivity index (χ3n) is 0. The van der Waals surface area contributed by atoms with Crippen LogP contribution in [0.25, 0.3) is 0 Å². The Morgan fingerprint density at radius 3 is 0.286 bits per heavy atom. The van der Waals surface area contributed by atoms with E-state index in [1.165, 1.54) is 0 Å². The maximum absolute atomic E-state index is 0. The Morgan fingerprint density at radius 1 is 0.286 bits per heavy atom. The summed E-state index contributed by atoms with van der Waals surface area (Å²) in [5.41, 5.74) is 0. The molecule has 7 heteroatoms. The number of rotatable bonds is 0. The van der Waals surface area contributed by atoms with Crippen LogP contribution in [0.3, 0.4) is 0 Å². The summed E-state index contributed by atoms with van der Waals surface area (Å²) >= 11 is 0. The summed E-state index contributed by atoms with van der Waals surface area (Å²) in [5, 5.41) is 0. The topological polar surface area (TPSA) is 0 Å². The maximum atomic E-state index is 0. The van der Waals surface area contributed by atoms with E-state index in [1.807, 2.05) is 0 Å². The van der Waals surface area contributed by atoms with Crippen LogP contribution in [0.5, 0.6) is 0 Å². The Kier molecular flexibility index (Phi) is 971000. The van der Waals surface area contributed by atoms with E-state index in [2.05, 4.69) is 0 Å². The number of hydrogen-bond acceptors (Lipinski definition) is 0. The quantitative estimate of drug-likeness (QED) is 0.245. The predicted octanol–water partition coefficient (Wildman–Crippen LogP) is -18.0. The summed E-state index contributed by atoms with van der Waals surface area (Å²) in [5.74, 6) is 0. The van der Waals surface area contributed by atoms with Gasteiger partial charge >= 0.3 is 0 Å². The van der Waals surface area contributed by atoms with Gasteiger partial charge in [0.15, 0.2) is 0 Å².